The minimum atomic E-state index is -0.661. The lowest BCUT2D eigenvalue weighted by atomic mass is 10.1. The fraction of sp³-hybridized carbons (Fsp3) is 0.316. The molecule has 1 heterocycles. The molecule has 0 radical (unpaired) electrons. The van der Waals surface area contributed by atoms with Crippen molar-refractivity contribution in [3.8, 4) is 5.75 Å². The Labute approximate surface area is 161 Å². The number of carbonyl (C=O) groups excluding carboxylic acids is 2. The van der Waals surface area contributed by atoms with Gasteiger partial charge in [-0.3, -0.25) is 9.59 Å². The predicted molar refractivity (Wildman–Crippen MR) is 103 cm³/mol. The van der Waals surface area contributed by atoms with Crippen molar-refractivity contribution in [1.82, 2.24) is 4.98 Å². The van der Waals surface area contributed by atoms with Crippen molar-refractivity contribution in [2.45, 2.75) is 26.7 Å². The third-order valence-corrected chi connectivity index (χ3v) is 4.07. The van der Waals surface area contributed by atoms with Crippen molar-refractivity contribution in [1.29, 1.82) is 0 Å². The van der Waals surface area contributed by atoms with Gasteiger partial charge in [-0.15, -0.1) is 0 Å². The number of halogens is 1. The Balaban J connectivity index is 2.37. The van der Waals surface area contributed by atoms with Gasteiger partial charge in [0.05, 0.1) is 24.3 Å². The number of H-pyrrole nitrogens is 1. The molecule has 8 heteroatoms. The number of ether oxygens (including phenoxy) is 2. The quantitative estimate of drug-likeness (QED) is 0.703. The number of nitrogens with one attached hydrogen (secondary N) is 2. The van der Waals surface area contributed by atoms with Crippen molar-refractivity contribution in [3.63, 3.8) is 0 Å². The van der Waals surface area contributed by atoms with Crippen LogP contribution in [0.15, 0.2) is 29.1 Å². The van der Waals surface area contributed by atoms with Crippen molar-refractivity contribution < 1.29 is 19.1 Å². The molecule has 2 N–H and O–H groups in total. The second-order valence-corrected chi connectivity index (χ2v) is 6.09. The molecule has 2 rings (SSSR count). The highest BCUT2D eigenvalue weighted by Crippen LogP contribution is 2.27. The Kier molecular flexibility index (Phi) is 7.01. The van der Waals surface area contributed by atoms with E-state index in [1.54, 1.807) is 19.1 Å². The number of pyridine rings is 1. The molecule has 144 valence electrons. The van der Waals surface area contributed by atoms with Gasteiger partial charge in [-0.2, -0.15) is 0 Å². The number of esters is 1. The lowest BCUT2D eigenvalue weighted by Gasteiger charge is -2.11. The van der Waals surface area contributed by atoms with E-state index in [-0.39, 0.29) is 17.7 Å². The van der Waals surface area contributed by atoms with Crippen LogP contribution < -0.4 is 15.6 Å². The first kappa shape index (κ1) is 20.5. The Morgan fingerprint density at radius 2 is 1.93 bits per heavy atom. The number of amides is 1. The summed E-state index contributed by atoms with van der Waals surface area (Å²) in [5, 5.41) is 2.90. The van der Waals surface area contributed by atoms with E-state index in [9.17, 15) is 14.4 Å². The van der Waals surface area contributed by atoms with Gasteiger partial charge in [0, 0.05) is 11.4 Å². The number of hydrogen-bond acceptors (Lipinski definition) is 5. The van der Waals surface area contributed by atoms with Crippen LogP contribution in [0.4, 0.5) is 5.69 Å². The lowest BCUT2D eigenvalue weighted by Crippen LogP contribution is -2.26. The first-order chi connectivity index (χ1) is 12.9. The van der Waals surface area contributed by atoms with Crippen molar-refractivity contribution in [2.75, 3.05) is 19.0 Å². The molecule has 0 bridgehead atoms. The Morgan fingerprint density at radius 3 is 2.52 bits per heavy atom. The van der Waals surface area contributed by atoms with E-state index in [2.05, 4.69) is 10.3 Å². The fourth-order valence-electron chi connectivity index (χ4n) is 2.52. The van der Waals surface area contributed by atoms with Crippen LogP contribution in [0.25, 0.3) is 0 Å². The lowest BCUT2D eigenvalue weighted by molar-refractivity contribution is 0.0524. The van der Waals surface area contributed by atoms with Gasteiger partial charge in [0.2, 0.25) is 0 Å². The molecule has 0 saturated heterocycles. The summed E-state index contributed by atoms with van der Waals surface area (Å²) >= 11 is 6.04. The number of hydrogen-bond donors (Lipinski definition) is 2. The first-order valence-corrected chi connectivity index (χ1v) is 8.87. The average molecular weight is 393 g/mol. The summed E-state index contributed by atoms with van der Waals surface area (Å²) in [7, 11) is 1.48. The molecule has 1 amide bonds. The zero-order chi connectivity index (χ0) is 20.0. The summed E-state index contributed by atoms with van der Waals surface area (Å²) in [6, 6.07) is 5.96. The van der Waals surface area contributed by atoms with Gasteiger partial charge < -0.3 is 19.8 Å². The summed E-state index contributed by atoms with van der Waals surface area (Å²) in [6.45, 7) is 3.79. The number of rotatable bonds is 7. The molecule has 0 unspecified atom stereocenters. The highest BCUT2D eigenvalue weighted by molar-refractivity contribution is 6.32. The molecule has 0 saturated carbocycles. The molecule has 0 spiro atoms. The van der Waals surface area contributed by atoms with Crippen LogP contribution in [-0.2, 0) is 11.2 Å². The van der Waals surface area contributed by atoms with Gasteiger partial charge >= 0.3 is 5.97 Å². The van der Waals surface area contributed by atoms with Gasteiger partial charge in [0.25, 0.3) is 11.5 Å². The average Bonchev–Trinajstić information content (AvgIpc) is 2.62. The summed E-state index contributed by atoms with van der Waals surface area (Å²) in [5.74, 6) is -0.786. The molecule has 1 aromatic heterocycles. The number of carbonyl (C=O) groups is 2. The van der Waals surface area contributed by atoms with Crippen LogP contribution in [0.3, 0.4) is 0 Å². The summed E-state index contributed by atoms with van der Waals surface area (Å²) in [4.78, 5) is 39.7. The highest BCUT2D eigenvalue weighted by Gasteiger charge is 2.20. The summed E-state index contributed by atoms with van der Waals surface area (Å²) < 4.78 is 10.1. The van der Waals surface area contributed by atoms with Gasteiger partial charge in [0.15, 0.2) is 0 Å². The normalized spacial score (nSPS) is 10.4. The van der Waals surface area contributed by atoms with E-state index in [1.807, 2.05) is 6.92 Å². The van der Waals surface area contributed by atoms with Gasteiger partial charge in [-0.05, 0) is 37.6 Å². The van der Waals surface area contributed by atoms with Crippen LogP contribution in [-0.4, -0.2) is 30.6 Å². The molecular weight excluding hydrogens is 372 g/mol. The van der Waals surface area contributed by atoms with E-state index in [0.717, 1.165) is 6.42 Å². The van der Waals surface area contributed by atoms with E-state index in [1.165, 1.54) is 19.2 Å². The number of aromatic amines is 1. The van der Waals surface area contributed by atoms with Crippen LogP contribution >= 0.6 is 11.6 Å². The smallest absolute Gasteiger partial charge is 0.339 e. The minimum absolute atomic E-state index is 0.177. The topological polar surface area (TPSA) is 97.5 Å². The Bertz CT molecular complexity index is 907. The van der Waals surface area contributed by atoms with E-state index in [0.29, 0.717) is 28.6 Å². The minimum Gasteiger partial charge on any atom is -0.495 e. The van der Waals surface area contributed by atoms with Crippen LogP contribution in [0.1, 0.15) is 46.7 Å². The Hall–Kier alpha value is -2.80. The zero-order valence-corrected chi connectivity index (χ0v) is 16.1. The molecule has 1 aromatic carbocycles. The van der Waals surface area contributed by atoms with Gasteiger partial charge in [0.1, 0.15) is 11.3 Å². The second kappa shape index (κ2) is 9.23. The Morgan fingerprint density at radius 1 is 1.19 bits per heavy atom. The second-order valence-electron chi connectivity index (χ2n) is 5.68. The first-order valence-electron chi connectivity index (χ1n) is 8.49. The standard InChI is InChI=1S/C19H21ClN2O5/c1-4-6-15-12(19(25)27-5-2)10-13(18(24)22-15)17(23)21-11-7-8-16(26-3)14(20)9-11/h7-10H,4-6H2,1-3H3,(H,21,23)(H,22,24). The van der Waals surface area contributed by atoms with E-state index in [4.69, 9.17) is 21.1 Å². The largest absolute Gasteiger partial charge is 0.495 e. The number of aryl methyl sites for hydroxylation is 1. The molecule has 27 heavy (non-hydrogen) atoms. The van der Waals surface area contributed by atoms with Crippen LogP contribution in [0.2, 0.25) is 5.02 Å². The van der Waals surface area contributed by atoms with Gasteiger partial charge in [-0.25, -0.2) is 4.79 Å². The maximum atomic E-state index is 12.5. The molecule has 2 aromatic rings. The van der Waals surface area contributed by atoms with Crippen molar-refractivity contribution in [3.05, 3.63) is 56.5 Å². The monoisotopic (exact) mass is 392 g/mol. The number of aromatic nitrogens is 1. The number of methoxy groups -OCH3 is 1. The molecule has 7 nitrogen and oxygen atoms in total. The SMILES string of the molecule is CCCc1[nH]c(=O)c(C(=O)Nc2ccc(OC)c(Cl)c2)cc1C(=O)OCC. The third kappa shape index (κ3) is 4.89. The summed E-state index contributed by atoms with van der Waals surface area (Å²) in [5.41, 5.74) is 0.246. The maximum Gasteiger partial charge on any atom is 0.339 e. The van der Waals surface area contributed by atoms with Crippen LogP contribution in [0, 0.1) is 0 Å². The van der Waals surface area contributed by atoms with Crippen molar-refractivity contribution >= 4 is 29.2 Å². The van der Waals surface area contributed by atoms with Crippen molar-refractivity contribution in [2.24, 2.45) is 0 Å². The van der Waals surface area contributed by atoms with Gasteiger partial charge in [-0.1, -0.05) is 24.9 Å². The molecule has 0 aliphatic heterocycles. The highest BCUT2D eigenvalue weighted by atomic mass is 35.5. The predicted octanol–water partition coefficient (Wildman–Crippen LogP) is 3.42. The zero-order valence-electron chi connectivity index (χ0n) is 15.3. The number of benzene rings is 1. The fourth-order valence-corrected chi connectivity index (χ4v) is 2.78. The third-order valence-electron chi connectivity index (χ3n) is 3.77. The van der Waals surface area contributed by atoms with Crippen LogP contribution in [0.5, 0.6) is 5.75 Å². The van der Waals surface area contributed by atoms with E-state index < -0.39 is 17.4 Å². The number of anilines is 1. The molecule has 0 aliphatic carbocycles. The molecule has 0 aliphatic rings. The maximum absolute atomic E-state index is 12.5. The molecule has 0 fully saturated rings. The van der Waals surface area contributed by atoms with E-state index >= 15 is 0 Å². The molecular formula is C19H21ClN2O5. The molecule has 0 atom stereocenters. The summed E-state index contributed by atoms with van der Waals surface area (Å²) in [6.07, 6.45) is 1.21.